The molecule has 0 aromatic heterocycles. The van der Waals surface area contributed by atoms with Crippen molar-refractivity contribution in [1.29, 1.82) is 0 Å². The predicted molar refractivity (Wildman–Crippen MR) is 26.5 cm³/mol. The maximum atomic E-state index is 9.94. The Morgan fingerprint density at radius 2 is 1.88 bits per heavy atom. The lowest BCUT2D eigenvalue weighted by Crippen LogP contribution is -2.14. The van der Waals surface area contributed by atoms with Crippen molar-refractivity contribution in [1.82, 2.24) is 0 Å². The van der Waals surface area contributed by atoms with Crippen LogP contribution in [0.25, 0.3) is 0 Å². The first-order chi connectivity index (χ1) is 3.55. The number of rotatable bonds is 1. The van der Waals surface area contributed by atoms with Crippen LogP contribution in [0.3, 0.4) is 0 Å². The highest BCUT2D eigenvalue weighted by Crippen LogP contribution is 1.78. The molecule has 0 aromatic rings. The number of hydrogen-bond donors (Lipinski definition) is 1. The smallest absolute Gasteiger partial charge is 0.300 e. The van der Waals surface area contributed by atoms with Gasteiger partial charge in [0.25, 0.3) is 0 Å². The first-order valence-electron chi connectivity index (χ1n) is 1.71. The molecule has 0 radical (unpaired) electrons. The van der Waals surface area contributed by atoms with E-state index in [1.54, 1.807) is 0 Å². The van der Waals surface area contributed by atoms with E-state index in [1.807, 2.05) is 0 Å². The molecule has 0 aliphatic carbocycles. The number of carbonyl (C=O) groups is 2. The van der Waals surface area contributed by atoms with Crippen molar-refractivity contribution < 1.29 is 18.4 Å². The van der Waals surface area contributed by atoms with Gasteiger partial charge in [0.15, 0.2) is 0 Å². The Morgan fingerprint density at radius 3 is 1.88 bits per heavy atom. The Labute approximate surface area is 48.2 Å². The van der Waals surface area contributed by atoms with Crippen LogP contribution in [-0.4, -0.2) is 19.7 Å². The minimum atomic E-state index is -2.63. The predicted octanol–water partition coefficient (Wildman–Crippen LogP) is -0.676. The van der Waals surface area contributed by atoms with Gasteiger partial charge in [-0.2, -0.15) is 0 Å². The molecule has 0 saturated heterocycles. The zero-order valence-corrected chi connectivity index (χ0v) is 4.90. The lowest BCUT2D eigenvalue weighted by molar-refractivity contribution is -0.130. The fourth-order valence-corrected chi connectivity index (χ4v) is 0.369. The second-order valence-electron chi connectivity index (χ2n) is 1.09. The molecule has 0 bridgehead atoms. The van der Waals surface area contributed by atoms with Crippen molar-refractivity contribution >= 4 is 22.0 Å². The lowest BCUT2D eigenvalue weighted by atomic mass is 10.5. The second kappa shape index (κ2) is 2.68. The summed E-state index contributed by atoms with van der Waals surface area (Å²) in [5.41, 5.74) is 0. The van der Waals surface area contributed by atoms with Gasteiger partial charge in [0.2, 0.25) is 16.9 Å². The average molecular weight is 136 g/mol. The lowest BCUT2D eigenvalue weighted by Gasteiger charge is -1.81. The molecule has 0 saturated carbocycles. The van der Waals surface area contributed by atoms with Crippen molar-refractivity contribution in [2.45, 2.75) is 6.92 Å². The maximum absolute atomic E-state index is 9.94. The fraction of sp³-hybridized carbons (Fsp3) is 0.333. The van der Waals surface area contributed by atoms with Gasteiger partial charge >= 0.3 is 5.12 Å². The van der Waals surface area contributed by atoms with Crippen LogP contribution in [0.5, 0.6) is 0 Å². The van der Waals surface area contributed by atoms with Gasteiger partial charge in [0.05, 0.1) is 0 Å². The third-order valence-electron chi connectivity index (χ3n) is 0.446. The van der Waals surface area contributed by atoms with Gasteiger partial charge in [0, 0.05) is 6.92 Å². The molecule has 5 heteroatoms. The summed E-state index contributed by atoms with van der Waals surface area (Å²) in [6.45, 7) is 0.941. The molecule has 0 fully saturated rings. The molecule has 46 valence electrons. The van der Waals surface area contributed by atoms with Crippen LogP contribution in [0.1, 0.15) is 6.92 Å². The quantitative estimate of drug-likeness (QED) is 0.383. The molecule has 0 amide bonds. The van der Waals surface area contributed by atoms with Gasteiger partial charge in [-0.05, 0) is 0 Å². The first-order valence-corrected chi connectivity index (χ1v) is 2.82. The molecular formula is C3H4O4S. The third kappa shape index (κ3) is 1.94. The van der Waals surface area contributed by atoms with Gasteiger partial charge in [0.1, 0.15) is 0 Å². The number of ketones is 1. The van der Waals surface area contributed by atoms with Crippen molar-refractivity contribution in [2.75, 3.05) is 0 Å². The topological polar surface area (TPSA) is 71.4 Å². The molecule has 1 atom stereocenters. The molecule has 4 nitrogen and oxygen atoms in total. The van der Waals surface area contributed by atoms with Gasteiger partial charge in [-0.25, -0.2) is 4.21 Å². The van der Waals surface area contributed by atoms with Gasteiger partial charge < -0.3 is 0 Å². The fourth-order valence-electron chi connectivity index (χ4n) is 0.123. The van der Waals surface area contributed by atoms with Crippen LogP contribution in [-0.2, 0) is 20.7 Å². The highest BCUT2D eigenvalue weighted by atomic mass is 32.2. The molecular weight excluding hydrogens is 132 g/mol. The molecule has 0 spiro atoms. The van der Waals surface area contributed by atoms with Crippen LogP contribution < -0.4 is 0 Å². The molecule has 0 aliphatic rings. The van der Waals surface area contributed by atoms with Crippen molar-refractivity contribution in [2.24, 2.45) is 0 Å². The molecule has 0 aromatic carbocycles. The van der Waals surface area contributed by atoms with E-state index in [-0.39, 0.29) is 0 Å². The summed E-state index contributed by atoms with van der Waals surface area (Å²) < 4.78 is 17.6. The van der Waals surface area contributed by atoms with E-state index >= 15 is 0 Å². The minimum absolute atomic E-state index is 0.897. The van der Waals surface area contributed by atoms with Gasteiger partial charge in [-0.1, -0.05) is 0 Å². The summed E-state index contributed by atoms with van der Waals surface area (Å²) in [7, 11) is 0. The third-order valence-corrected chi connectivity index (χ3v) is 1.05. The highest BCUT2D eigenvalue weighted by molar-refractivity contribution is 7.97. The molecule has 0 rings (SSSR count). The number of carbonyl (C=O) groups excluding carboxylic acids is 2. The van der Waals surface area contributed by atoms with E-state index in [0.717, 1.165) is 6.92 Å². The Balaban J connectivity index is 4.05. The molecule has 1 unspecified atom stereocenters. The zero-order valence-electron chi connectivity index (χ0n) is 4.08. The molecule has 0 heterocycles. The summed E-state index contributed by atoms with van der Waals surface area (Å²) >= 11 is -2.63. The largest absolute Gasteiger partial charge is 0.311 e. The summed E-state index contributed by atoms with van der Waals surface area (Å²) in [5, 5.41) is -1.26. The maximum Gasteiger partial charge on any atom is 0.311 e. The van der Waals surface area contributed by atoms with Crippen molar-refractivity contribution in [3.63, 3.8) is 0 Å². The van der Waals surface area contributed by atoms with E-state index in [4.69, 9.17) is 4.55 Å². The van der Waals surface area contributed by atoms with E-state index in [1.165, 1.54) is 0 Å². The summed E-state index contributed by atoms with van der Waals surface area (Å²) in [4.78, 5) is 19.8. The molecule has 0 aliphatic heterocycles. The van der Waals surface area contributed by atoms with Gasteiger partial charge in [-0.15, -0.1) is 0 Å². The summed E-state index contributed by atoms with van der Waals surface area (Å²) in [6.07, 6.45) is 0. The van der Waals surface area contributed by atoms with Crippen LogP contribution >= 0.6 is 0 Å². The SMILES string of the molecule is CC(=O)C(=O)S(=O)O. The van der Waals surface area contributed by atoms with Gasteiger partial charge in [-0.3, -0.25) is 14.1 Å². The van der Waals surface area contributed by atoms with E-state index in [2.05, 4.69) is 0 Å². The second-order valence-corrected chi connectivity index (χ2v) is 1.96. The normalized spacial score (nSPS) is 12.8. The monoisotopic (exact) mass is 136 g/mol. The van der Waals surface area contributed by atoms with E-state index < -0.39 is 22.0 Å². The Hall–Kier alpha value is -0.550. The van der Waals surface area contributed by atoms with Crippen LogP contribution in [0.4, 0.5) is 0 Å². The van der Waals surface area contributed by atoms with Crippen molar-refractivity contribution in [3.05, 3.63) is 0 Å². The van der Waals surface area contributed by atoms with E-state index in [9.17, 15) is 13.8 Å². The standard InChI is InChI=1S/C3H4O4S/c1-2(4)3(5)8(6)7/h1H3,(H,6,7). The highest BCUT2D eigenvalue weighted by Gasteiger charge is 2.13. The zero-order chi connectivity index (χ0) is 6.73. The van der Waals surface area contributed by atoms with Crippen LogP contribution in [0.2, 0.25) is 0 Å². The molecule has 8 heavy (non-hydrogen) atoms. The Morgan fingerprint density at radius 1 is 1.50 bits per heavy atom. The Kier molecular flexibility index (Phi) is 2.50. The summed E-state index contributed by atoms with van der Waals surface area (Å²) in [5.74, 6) is -0.897. The number of hydrogen-bond acceptors (Lipinski definition) is 3. The first kappa shape index (κ1) is 7.45. The van der Waals surface area contributed by atoms with E-state index in [0.29, 0.717) is 0 Å². The number of Topliss-reactive ketones (excluding diaryl/α,β-unsaturated/α-hetero) is 1. The summed E-state index contributed by atoms with van der Waals surface area (Å²) in [6, 6.07) is 0. The van der Waals surface area contributed by atoms with Crippen LogP contribution in [0, 0.1) is 0 Å². The minimum Gasteiger partial charge on any atom is -0.300 e. The molecule has 1 N–H and O–H groups in total. The van der Waals surface area contributed by atoms with Crippen molar-refractivity contribution in [3.8, 4) is 0 Å². The average Bonchev–Trinajstić information content (AvgIpc) is 1.64. The Bertz CT molecular complexity index is 133. The van der Waals surface area contributed by atoms with Crippen LogP contribution in [0.15, 0.2) is 0 Å².